The Hall–Kier alpha value is -1.14. The summed E-state index contributed by atoms with van der Waals surface area (Å²) < 4.78 is 11.1. The third kappa shape index (κ3) is 5.62. The van der Waals surface area contributed by atoms with Gasteiger partial charge in [-0.25, -0.2) is 0 Å². The molecule has 0 aromatic carbocycles. The number of carbonyl (C=O) groups excluding carboxylic acids is 2. The first kappa shape index (κ1) is 23.0. The van der Waals surface area contributed by atoms with Crippen molar-refractivity contribution in [2.45, 2.75) is 108 Å². The third-order valence-corrected chi connectivity index (χ3v) is 8.64. The number of fused-ring (bicyclic) bond motifs is 4. The molecule has 0 aromatic rings. The number of hydrogen-bond acceptors (Lipinski definition) is 6. The molecular formula is C25H42N2O4. The van der Waals surface area contributed by atoms with Gasteiger partial charge in [-0.3, -0.25) is 9.59 Å². The van der Waals surface area contributed by atoms with Gasteiger partial charge in [0, 0.05) is 24.2 Å². The summed E-state index contributed by atoms with van der Waals surface area (Å²) in [6, 6.07) is 2.33. The molecule has 31 heavy (non-hydrogen) atoms. The SMILES string of the molecule is CN1[C@@H]2CC[C@H]1CC(C(=O)OCCCCCCCOC(=O)C1C[C@H]3CC[C@@H](C1)N3C)C2. The molecule has 2 unspecified atom stereocenters. The van der Waals surface area contributed by atoms with Gasteiger partial charge in [0.05, 0.1) is 25.0 Å². The lowest BCUT2D eigenvalue weighted by Crippen LogP contribution is -2.42. The van der Waals surface area contributed by atoms with Gasteiger partial charge in [0.15, 0.2) is 0 Å². The van der Waals surface area contributed by atoms with E-state index in [1.165, 1.54) is 25.7 Å². The highest BCUT2D eigenvalue weighted by molar-refractivity contribution is 5.73. The minimum atomic E-state index is 0.0271. The predicted octanol–water partition coefficient (Wildman–Crippen LogP) is 3.77. The minimum absolute atomic E-state index is 0.0271. The molecule has 6 atom stereocenters. The van der Waals surface area contributed by atoms with Crippen molar-refractivity contribution in [3.8, 4) is 0 Å². The van der Waals surface area contributed by atoms with Crippen molar-refractivity contribution in [3.63, 3.8) is 0 Å². The maximum Gasteiger partial charge on any atom is 0.309 e. The van der Waals surface area contributed by atoms with Gasteiger partial charge in [-0.05, 0) is 78.3 Å². The highest BCUT2D eigenvalue weighted by Crippen LogP contribution is 2.38. The first-order valence-corrected chi connectivity index (χ1v) is 12.8. The van der Waals surface area contributed by atoms with Gasteiger partial charge >= 0.3 is 11.9 Å². The lowest BCUT2D eigenvalue weighted by molar-refractivity contribution is -0.151. The average molecular weight is 435 g/mol. The Balaban J connectivity index is 0.985. The van der Waals surface area contributed by atoms with Crippen molar-refractivity contribution in [1.82, 2.24) is 9.80 Å². The summed E-state index contributed by atoms with van der Waals surface area (Å²) in [5, 5.41) is 0. The Kier molecular flexibility index (Phi) is 7.91. The Morgan fingerprint density at radius 3 is 1.29 bits per heavy atom. The number of carbonyl (C=O) groups is 2. The summed E-state index contributed by atoms with van der Waals surface area (Å²) >= 11 is 0. The van der Waals surface area contributed by atoms with Crippen LogP contribution in [0.5, 0.6) is 0 Å². The van der Waals surface area contributed by atoms with Gasteiger partial charge in [-0.1, -0.05) is 19.3 Å². The maximum absolute atomic E-state index is 12.4. The molecule has 0 amide bonds. The number of unbranched alkanes of at least 4 members (excludes halogenated alkanes) is 4. The Morgan fingerprint density at radius 2 is 0.935 bits per heavy atom. The molecule has 0 spiro atoms. The quantitative estimate of drug-likeness (QED) is 0.385. The highest BCUT2D eigenvalue weighted by Gasteiger charge is 2.42. The number of rotatable bonds is 10. The largest absolute Gasteiger partial charge is 0.465 e. The number of ether oxygens (including phenoxy) is 2. The molecule has 6 heteroatoms. The molecule has 4 saturated heterocycles. The molecule has 0 N–H and O–H groups in total. The molecule has 4 aliphatic rings. The molecule has 0 aliphatic carbocycles. The van der Waals surface area contributed by atoms with Crippen LogP contribution in [-0.2, 0) is 19.1 Å². The van der Waals surface area contributed by atoms with Gasteiger partial charge in [-0.2, -0.15) is 0 Å². The number of nitrogens with zero attached hydrogens (tertiary/aromatic N) is 2. The van der Waals surface area contributed by atoms with E-state index in [4.69, 9.17) is 9.47 Å². The van der Waals surface area contributed by atoms with Crippen LogP contribution < -0.4 is 0 Å². The van der Waals surface area contributed by atoms with Crippen LogP contribution in [-0.4, -0.2) is 73.2 Å². The number of esters is 2. The van der Waals surface area contributed by atoms with Crippen LogP contribution in [0.2, 0.25) is 0 Å². The zero-order valence-electron chi connectivity index (χ0n) is 19.6. The first-order chi connectivity index (χ1) is 15.0. The molecule has 4 bridgehead atoms. The topological polar surface area (TPSA) is 59.1 Å². The van der Waals surface area contributed by atoms with Crippen molar-refractivity contribution in [1.29, 1.82) is 0 Å². The predicted molar refractivity (Wildman–Crippen MR) is 120 cm³/mol. The van der Waals surface area contributed by atoms with E-state index >= 15 is 0 Å². The van der Waals surface area contributed by atoms with Gasteiger partial charge in [0.25, 0.3) is 0 Å². The van der Waals surface area contributed by atoms with E-state index in [0.717, 1.165) is 57.8 Å². The standard InChI is InChI=1S/C25H42N2O4/c1-26-20-8-9-21(26)15-18(14-20)24(28)30-12-6-4-3-5-7-13-31-25(29)19-16-22-10-11-23(17-19)27(22)2/h18-23H,3-17H2,1-2H3/t18?,19?,20-,21+,22-,23+. The molecule has 6 nitrogen and oxygen atoms in total. The average Bonchev–Trinajstić information content (AvgIpc) is 3.10. The number of hydrogen-bond donors (Lipinski definition) is 0. The highest BCUT2D eigenvalue weighted by atomic mass is 16.5. The fourth-order valence-electron chi connectivity index (χ4n) is 6.52. The zero-order chi connectivity index (χ0) is 21.8. The van der Waals surface area contributed by atoms with Crippen molar-refractivity contribution in [2.24, 2.45) is 11.8 Å². The van der Waals surface area contributed by atoms with Crippen molar-refractivity contribution < 1.29 is 19.1 Å². The monoisotopic (exact) mass is 434 g/mol. The molecule has 0 radical (unpaired) electrons. The molecular weight excluding hydrogens is 392 g/mol. The van der Waals surface area contributed by atoms with Crippen molar-refractivity contribution >= 4 is 11.9 Å². The number of piperidine rings is 2. The van der Waals surface area contributed by atoms with Crippen LogP contribution >= 0.6 is 0 Å². The first-order valence-electron chi connectivity index (χ1n) is 12.8. The summed E-state index contributed by atoms with van der Waals surface area (Å²) in [6.45, 7) is 1.10. The van der Waals surface area contributed by atoms with Crippen LogP contribution in [0.25, 0.3) is 0 Å². The normalized spacial score (nSPS) is 35.3. The van der Waals surface area contributed by atoms with Crippen LogP contribution in [0.15, 0.2) is 0 Å². The molecule has 4 fully saturated rings. The summed E-state index contributed by atoms with van der Waals surface area (Å²) in [7, 11) is 4.39. The van der Waals surface area contributed by atoms with Crippen LogP contribution in [0.1, 0.15) is 83.5 Å². The zero-order valence-corrected chi connectivity index (χ0v) is 19.6. The minimum Gasteiger partial charge on any atom is -0.465 e. The van der Waals surface area contributed by atoms with E-state index in [2.05, 4.69) is 23.9 Å². The van der Waals surface area contributed by atoms with Crippen LogP contribution in [0.4, 0.5) is 0 Å². The fourth-order valence-corrected chi connectivity index (χ4v) is 6.52. The van der Waals surface area contributed by atoms with Gasteiger partial charge in [0.1, 0.15) is 0 Å². The summed E-state index contributed by atoms with van der Waals surface area (Å²) in [5.74, 6) is 0.282. The fraction of sp³-hybridized carbons (Fsp3) is 0.920. The van der Waals surface area contributed by atoms with Gasteiger partial charge < -0.3 is 19.3 Å². The van der Waals surface area contributed by atoms with E-state index in [-0.39, 0.29) is 23.8 Å². The van der Waals surface area contributed by atoms with Crippen molar-refractivity contribution in [3.05, 3.63) is 0 Å². The summed E-state index contributed by atoms with van der Waals surface area (Å²) in [5.41, 5.74) is 0. The Morgan fingerprint density at radius 1 is 0.613 bits per heavy atom. The molecule has 4 aliphatic heterocycles. The molecule has 4 rings (SSSR count). The Bertz CT molecular complexity index is 547. The molecule has 4 heterocycles. The second kappa shape index (κ2) is 10.7. The van der Waals surface area contributed by atoms with Gasteiger partial charge in [0.2, 0.25) is 0 Å². The summed E-state index contributed by atoms with van der Waals surface area (Å²) in [6.07, 6.45) is 14.0. The molecule has 176 valence electrons. The second-order valence-corrected chi connectivity index (χ2v) is 10.5. The third-order valence-electron chi connectivity index (χ3n) is 8.64. The van der Waals surface area contributed by atoms with E-state index in [1.807, 2.05) is 0 Å². The molecule has 0 saturated carbocycles. The summed E-state index contributed by atoms with van der Waals surface area (Å²) in [4.78, 5) is 29.6. The van der Waals surface area contributed by atoms with E-state index in [0.29, 0.717) is 37.4 Å². The lowest BCUT2D eigenvalue weighted by atomic mass is 9.91. The van der Waals surface area contributed by atoms with Crippen molar-refractivity contribution in [2.75, 3.05) is 27.3 Å². The lowest BCUT2D eigenvalue weighted by Gasteiger charge is -2.35. The smallest absolute Gasteiger partial charge is 0.309 e. The van der Waals surface area contributed by atoms with Crippen LogP contribution in [0, 0.1) is 11.8 Å². The molecule has 0 aromatic heterocycles. The van der Waals surface area contributed by atoms with E-state index in [1.54, 1.807) is 0 Å². The maximum atomic E-state index is 12.4. The Labute approximate surface area is 188 Å². The van der Waals surface area contributed by atoms with Crippen LogP contribution in [0.3, 0.4) is 0 Å². The van der Waals surface area contributed by atoms with Gasteiger partial charge in [-0.15, -0.1) is 0 Å². The van der Waals surface area contributed by atoms with E-state index < -0.39 is 0 Å². The second-order valence-electron chi connectivity index (χ2n) is 10.5. The van der Waals surface area contributed by atoms with E-state index in [9.17, 15) is 9.59 Å².